The molecule has 0 radical (unpaired) electrons. The van der Waals surface area contributed by atoms with Crippen molar-refractivity contribution in [3.05, 3.63) is 58.9 Å². The van der Waals surface area contributed by atoms with E-state index < -0.39 is 0 Å². The minimum atomic E-state index is 0.671. The summed E-state index contributed by atoms with van der Waals surface area (Å²) in [4.78, 5) is 4.81. The molecule has 1 heterocycles. The highest BCUT2D eigenvalue weighted by molar-refractivity contribution is 6.31. The van der Waals surface area contributed by atoms with Crippen molar-refractivity contribution in [2.24, 2.45) is 5.73 Å². The van der Waals surface area contributed by atoms with E-state index in [9.17, 15) is 0 Å². The third-order valence-electron chi connectivity index (χ3n) is 4.07. The predicted octanol–water partition coefficient (Wildman–Crippen LogP) is 4.52. The molecular formula is C19H22ClN3. The molecule has 0 aliphatic heterocycles. The fraction of sp³-hybridized carbons (Fsp3) is 0.316. The molecular weight excluding hydrogens is 306 g/mol. The Labute approximate surface area is 142 Å². The summed E-state index contributed by atoms with van der Waals surface area (Å²) in [5.41, 5.74) is 10.1. The predicted molar refractivity (Wildman–Crippen MR) is 97.5 cm³/mol. The molecule has 23 heavy (non-hydrogen) atoms. The second-order valence-corrected chi connectivity index (χ2v) is 6.24. The molecule has 2 N–H and O–H groups in total. The number of aromatic nitrogens is 2. The molecule has 120 valence electrons. The van der Waals surface area contributed by atoms with Crippen LogP contribution in [0.15, 0.2) is 42.5 Å². The van der Waals surface area contributed by atoms with Gasteiger partial charge >= 0.3 is 0 Å². The molecule has 0 spiro atoms. The number of hydrogen-bond donors (Lipinski definition) is 1. The first-order valence-corrected chi connectivity index (χ1v) is 8.57. The van der Waals surface area contributed by atoms with E-state index in [0.717, 1.165) is 53.3 Å². The van der Waals surface area contributed by atoms with Crippen LogP contribution in [0.25, 0.3) is 16.7 Å². The van der Waals surface area contributed by atoms with Crippen LogP contribution in [0.4, 0.5) is 0 Å². The molecule has 0 aliphatic carbocycles. The van der Waals surface area contributed by atoms with E-state index in [4.69, 9.17) is 22.3 Å². The minimum absolute atomic E-state index is 0.671. The zero-order valence-electron chi connectivity index (χ0n) is 13.4. The first kappa shape index (κ1) is 16.0. The average Bonchev–Trinajstić information content (AvgIpc) is 2.91. The van der Waals surface area contributed by atoms with Crippen LogP contribution < -0.4 is 5.73 Å². The molecule has 0 unspecified atom stereocenters. The Morgan fingerprint density at radius 1 is 1.09 bits per heavy atom. The molecule has 2 aromatic carbocycles. The lowest BCUT2D eigenvalue weighted by atomic mass is 10.1. The molecule has 0 fully saturated rings. The molecule has 0 amide bonds. The van der Waals surface area contributed by atoms with Crippen LogP contribution in [-0.2, 0) is 12.8 Å². The Hall–Kier alpha value is -1.84. The van der Waals surface area contributed by atoms with E-state index in [-0.39, 0.29) is 0 Å². The van der Waals surface area contributed by atoms with Crippen LogP contribution in [0, 0.1) is 0 Å². The van der Waals surface area contributed by atoms with Gasteiger partial charge in [0.2, 0.25) is 0 Å². The first-order chi connectivity index (χ1) is 11.2. The number of nitrogens with zero attached hydrogens (tertiary/aromatic N) is 2. The lowest BCUT2D eigenvalue weighted by Gasteiger charge is -2.10. The Morgan fingerprint density at radius 3 is 2.57 bits per heavy atom. The summed E-state index contributed by atoms with van der Waals surface area (Å²) in [7, 11) is 0. The van der Waals surface area contributed by atoms with Gasteiger partial charge in [0.05, 0.1) is 11.0 Å². The Balaban J connectivity index is 2.10. The van der Waals surface area contributed by atoms with Crippen molar-refractivity contribution in [2.45, 2.75) is 32.6 Å². The number of nitrogens with two attached hydrogens (primary N) is 1. The normalized spacial score (nSPS) is 11.3. The van der Waals surface area contributed by atoms with Crippen molar-refractivity contribution in [1.29, 1.82) is 0 Å². The van der Waals surface area contributed by atoms with Crippen molar-refractivity contribution in [3.63, 3.8) is 0 Å². The summed E-state index contributed by atoms with van der Waals surface area (Å²) >= 11 is 6.20. The van der Waals surface area contributed by atoms with Gasteiger partial charge in [-0.3, -0.25) is 4.57 Å². The van der Waals surface area contributed by atoms with E-state index in [0.29, 0.717) is 6.54 Å². The number of imidazole rings is 1. The molecule has 1 aromatic heterocycles. The molecule has 3 nitrogen and oxygen atoms in total. The van der Waals surface area contributed by atoms with Gasteiger partial charge in [0.15, 0.2) is 0 Å². The van der Waals surface area contributed by atoms with Crippen molar-refractivity contribution < 1.29 is 0 Å². The number of unbranched alkanes of at least 4 members (excludes halogenated alkanes) is 1. The highest BCUT2D eigenvalue weighted by Crippen LogP contribution is 2.25. The lowest BCUT2D eigenvalue weighted by molar-refractivity contribution is 0.744. The fourth-order valence-corrected chi connectivity index (χ4v) is 3.03. The van der Waals surface area contributed by atoms with Crippen molar-refractivity contribution in [2.75, 3.05) is 6.54 Å². The second kappa shape index (κ2) is 7.16. The minimum Gasteiger partial charge on any atom is -0.330 e. The maximum Gasteiger partial charge on any atom is 0.114 e. The van der Waals surface area contributed by atoms with E-state index in [1.807, 2.05) is 18.2 Å². The summed E-state index contributed by atoms with van der Waals surface area (Å²) in [6.07, 6.45) is 4.15. The SMILES string of the molecule is CCCCc1nc2ccc(Cl)cc2n1-c1ccc(CCN)cc1. The molecule has 0 saturated carbocycles. The van der Waals surface area contributed by atoms with Crippen molar-refractivity contribution in [1.82, 2.24) is 9.55 Å². The molecule has 0 aliphatic rings. The number of benzene rings is 2. The van der Waals surface area contributed by atoms with Gasteiger partial charge in [0.25, 0.3) is 0 Å². The smallest absolute Gasteiger partial charge is 0.114 e. The highest BCUT2D eigenvalue weighted by atomic mass is 35.5. The Morgan fingerprint density at radius 2 is 1.87 bits per heavy atom. The number of halogens is 1. The summed E-state index contributed by atoms with van der Waals surface area (Å²) in [6.45, 7) is 2.87. The molecule has 3 aromatic rings. The van der Waals surface area contributed by atoms with E-state index in [1.54, 1.807) is 0 Å². The third-order valence-corrected chi connectivity index (χ3v) is 4.30. The fourth-order valence-electron chi connectivity index (χ4n) is 2.87. The van der Waals surface area contributed by atoms with E-state index >= 15 is 0 Å². The second-order valence-electron chi connectivity index (χ2n) is 5.81. The molecule has 4 heteroatoms. The number of hydrogen-bond acceptors (Lipinski definition) is 2. The van der Waals surface area contributed by atoms with Gasteiger partial charge in [-0.15, -0.1) is 0 Å². The van der Waals surface area contributed by atoms with Gasteiger partial charge in [0, 0.05) is 17.1 Å². The summed E-state index contributed by atoms with van der Waals surface area (Å²) in [5, 5.41) is 0.737. The molecule has 0 bridgehead atoms. The van der Waals surface area contributed by atoms with Gasteiger partial charge < -0.3 is 5.73 Å². The maximum absolute atomic E-state index is 6.20. The van der Waals surface area contributed by atoms with Gasteiger partial charge in [-0.25, -0.2) is 4.98 Å². The number of rotatable bonds is 6. The van der Waals surface area contributed by atoms with Crippen LogP contribution in [-0.4, -0.2) is 16.1 Å². The van der Waals surface area contributed by atoms with Crippen LogP contribution in [0.1, 0.15) is 31.2 Å². The van der Waals surface area contributed by atoms with E-state index in [2.05, 4.69) is 35.8 Å². The standard InChI is InChI=1S/C19H22ClN3/c1-2-3-4-19-22-17-10-7-15(20)13-18(17)23(19)16-8-5-14(6-9-16)11-12-21/h5-10,13H,2-4,11-12,21H2,1H3. The monoisotopic (exact) mass is 327 g/mol. The molecule has 3 rings (SSSR count). The Bertz CT molecular complexity index is 790. The van der Waals surface area contributed by atoms with Crippen molar-refractivity contribution in [3.8, 4) is 5.69 Å². The van der Waals surface area contributed by atoms with Crippen LogP contribution >= 0.6 is 11.6 Å². The average molecular weight is 328 g/mol. The molecule has 0 atom stereocenters. The number of fused-ring (bicyclic) bond motifs is 1. The van der Waals surface area contributed by atoms with Gasteiger partial charge in [-0.2, -0.15) is 0 Å². The quantitative estimate of drug-likeness (QED) is 0.723. The largest absolute Gasteiger partial charge is 0.330 e. The van der Waals surface area contributed by atoms with Crippen LogP contribution in [0.2, 0.25) is 5.02 Å². The first-order valence-electron chi connectivity index (χ1n) is 8.19. The van der Waals surface area contributed by atoms with E-state index in [1.165, 1.54) is 5.56 Å². The Kier molecular flexibility index (Phi) is 4.99. The summed E-state index contributed by atoms with van der Waals surface area (Å²) < 4.78 is 2.23. The van der Waals surface area contributed by atoms with Gasteiger partial charge in [-0.1, -0.05) is 37.1 Å². The highest BCUT2D eigenvalue weighted by Gasteiger charge is 2.12. The topological polar surface area (TPSA) is 43.8 Å². The summed E-state index contributed by atoms with van der Waals surface area (Å²) in [6, 6.07) is 14.4. The summed E-state index contributed by atoms with van der Waals surface area (Å²) in [5.74, 6) is 1.09. The van der Waals surface area contributed by atoms with Gasteiger partial charge in [0.1, 0.15) is 5.82 Å². The third kappa shape index (κ3) is 3.41. The lowest BCUT2D eigenvalue weighted by Crippen LogP contribution is -2.04. The zero-order chi connectivity index (χ0) is 16.2. The zero-order valence-corrected chi connectivity index (χ0v) is 14.2. The number of aryl methyl sites for hydroxylation is 1. The van der Waals surface area contributed by atoms with Crippen LogP contribution in [0.3, 0.4) is 0 Å². The van der Waals surface area contributed by atoms with Crippen molar-refractivity contribution >= 4 is 22.6 Å². The molecule has 0 saturated heterocycles. The maximum atomic E-state index is 6.20. The van der Waals surface area contributed by atoms with Gasteiger partial charge in [-0.05, 0) is 55.3 Å². The van der Waals surface area contributed by atoms with Crippen LogP contribution in [0.5, 0.6) is 0 Å².